The molecule has 0 aromatic rings. The number of methoxy groups -OCH3 is 1. The molecular formula is C21H32O6. The molecule has 0 spiro atoms. The Labute approximate surface area is 160 Å². The Morgan fingerprint density at radius 2 is 2.11 bits per heavy atom. The Morgan fingerprint density at radius 3 is 2.70 bits per heavy atom. The Bertz CT molecular complexity index is 643. The summed E-state index contributed by atoms with van der Waals surface area (Å²) in [6.07, 6.45) is 3.63. The second-order valence-electron chi connectivity index (χ2n) is 9.13. The summed E-state index contributed by atoms with van der Waals surface area (Å²) in [5.41, 5.74) is -0.239. The van der Waals surface area contributed by atoms with Crippen LogP contribution in [0.25, 0.3) is 0 Å². The average Bonchev–Trinajstić information content (AvgIpc) is 3.06. The number of fused-ring (bicyclic) bond motifs is 1. The summed E-state index contributed by atoms with van der Waals surface area (Å²) in [6.45, 7) is 6.43. The van der Waals surface area contributed by atoms with Crippen molar-refractivity contribution >= 4 is 11.9 Å². The smallest absolute Gasteiger partial charge is 0.331 e. The van der Waals surface area contributed by atoms with Gasteiger partial charge >= 0.3 is 11.9 Å². The molecule has 0 saturated heterocycles. The van der Waals surface area contributed by atoms with Gasteiger partial charge in [-0.3, -0.25) is 4.79 Å². The van der Waals surface area contributed by atoms with Crippen molar-refractivity contribution < 1.29 is 29.3 Å². The molecule has 6 heteroatoms. The maximum absolute atomic E-state index is 12.5. The summed E-state index contributed by atoms with van der Waals surface area (Å²) in [7, 11) is 1.40. The molecule has 2 saturated carbocycles. The van der Waals surface area contributed by atoms with Crippen molar-refractivity contribution in [1.29, 1.82) is 0 Å². The maximum Gasteiger partial charge on any atom is 0.331 e. The Morgan fingerprint density at radius 1 is 1.41 bits per heavy atom. The van der Waals surface area contributed by atoms with Crippen LogP contribution >= 0.6 is 0 Å². The Hall–Kier alpha value is -1.40. The SMILES string of the molecule is COC(=O)C1CCCC2C(C)(CC(O)C3=CC(=O)OC3)C(C)CC(O)C12C. The first-order valence-corrected chi connectivity index (χ1v) is 9.95. The molecule has 2 fully saturated rings. The van der Waals surface area contributed by atoms with Gasteiger partial charge in [0.05, 0.1) is 25.2 Å². The summed E-state index contributed by atoms with van der Waals surface area (Å²) in [5, 5.41) is 21.8. The van der Waals surface area contributed by atoms with E-state index < -0.39 is 23.6 Å². The second kappa shape index (κ2) is 7.21. The number of hydrogen-bond acceptors (Lipinski definition) is 6. The van der Waals surface area contributed by atoms with E-state index in [9.17, 15) is 19.8 Å². The third-order valence-electron chi connectivity index (χ3n) is 7.94. The molecule has 152 valence electrons. The van der Waals surface area contributed by atoms with Crippen LogP contribution in [0, 0.1) is 28.6 Å². The van der Waals surface area contributed by atoms with E-state index in [4.69, 9.17) is 9.47 Å². The summed E-state index contributed by atoms with van der Waals surface area (Å²) < 4.78 is 10.0. The van der Waals surface area contributed by atoms with Crippen LogP contribution in [0.4, 0.5) is 0 Å². The molecule has 27 heavy (non-hydrogen) atoms. The third-order valence-corrected chi connectivity index (χ3v) is 7.94. The van der Waals surface area contributed by atoms with Crippen molar-refractivity contribution in [2.75, 3.05) is 13.7 Å². The van der Waals surface area contributed by atoms with Gasteiger partial charge in [0.2, 0.25) is 0 Å². The fourth-order valence-corrected chi connectivity index (χ4v) is 6.08. The Balaban J connectivity index is 1.93. The van der Waals surface area contributed by atoms with E-state index in [1.807, 2.05) is 6.92 Å². The number of esters is 2. The number of hydrogen-bond donors (Lipinski definition) is 2. The van der Waals surface area contributed by atoms with Crippen LogP contribution in [-0.4, -0.2) is 48.1 Å². The van der Waals surface area contributed by atoms with Crippen LogP contribution in [0.3, 0.4) is 0 Å². The molecule has 7 atom stereocenters. The first-order chi connectivity index (χ1) is 12.6. The normalized spacial score (nSPS) is 42.7. The van der Waals surface area contributed by atoms with E-state index in [0.29, 0.717) is 18.4 Å². The second-order valence-corrected chi connectivity index (χ2v) is 9.13. The molecule has 0 aromatic heterocycles. The lowest BCUT2D eigenvalue weighted by atomic mass is 9.43. The van der Waals surface area contributed by atoms with Crippen LogP contribution in [0.1, 0.15) is 52.9 Å². The van der Waals surface area contributed by atoms with Crippen molar-refractivity contribution in [2.45, 2.75) is 65.1 Å². The van der Waals surface area contributed by atoms with Gasteiger partial charge < -0.3 is 19.7 Å². The van der Waals surface area contributed by atoms with E-state index in [1.165, 1.54) is 13.2 Å². The van der Waals surface area contributed by atoms with Crippen molar-refractivity contribution in [3.63, 3.8) is 0 Å². The molecule has 3 rings (SSSR count). The zero-order valence-electron chi connectivity index (χ0n) is 16.7. The van der Waals surface area contributed by atoms with Gasteiger partial charge in [0, 0.05) is 17.1 Å². The zero-order chi connectivity index (χ0) is 20.0. The molecule has 2 N–H and O–H groups in total. The van der Waals surface area contributed by atoms with Gasteiger partial charge in [0.25, 0.3) is 0 Å². The van der Waals surface area contributed by atoms with Gasteiger partial charge in [-0.05, 0) is 42.9 Å². The molecule has 0 radical (unpaired) electrons. The number of aliphatic hydroxyl groups is 2. The number of carbonyl (C=O) groups excluding carboxylic acids is 2. The first-order valence-electron chi connectivity index (χ1n) is 9.95. The highest BCUT2D eigenvalue weighted by molar-refractivity contribution is 5.85. The third kappa shape index (κ3) is 3.21. The van der Waals surface area contributed by atoms with Crippen LogP contribution in [0.5, 0.6) is 0 Å². The van der Waals surface area contributed by atoms with Crippen LogP contribution in [0.15, 0.2) is 11.6 Å². The average molecular weight is 380 g/mol. The molecule has 2 aliphatic carbocycles. The van der Waals surface area contributed by atoms with Gasteiger partial charge in [0.15, 0.2) is 0 Å². The molecule has 1 aliphatic heterocycles. The first kappa shape index (κ1) is 20.3. The summed E-state index contributed by atoms with van der Waals surface area (Å²) >= 11 is 0. The predicted molar refractivity (Wildman–Crippen MR) is 98.5 cm³/mol. The monoisotopic (exact) mass is 380 g/mol. The quantitative estimate of drug-likeness (QED) is 0.727. The highest BCUT2D eigenvalue weighted by atomic mass is 16.5. The molecule has 6 nitrogen and oxygen atoms in total. The minimum Gasteiger partial charge on any atom is -0.469 e. The van der Waals surface area contributed by atoms with E-state index in [2.05, 4.69) is 13.8 Å². The van der Waals surface area contributed by atoms with E-state index in [0.717, 1.165) is 19.3 Å². The molecular weight excluding hydrogens is 348 g/mol. The zero-order valence-corrected chi connectivity index (χ0v) is 16.7. The number of carbonyl (C=O) groups is 2. The summed E-state index contributed by atoms with van der Waals surface area (Å²) in [4.78, 5) is 23.9. The molecule has 0 amide bonds. The van der Waals surface area contributed by atoms with E-state index in [1.54, 1.807) is 0 Å². The van der Waals surface area contributed by atoms with E-state index >= 15 is 0 Å². The van der Waals surface area contributed by atoms with E-state index in [-0.39, 0.29) is 35.7 Å². The summed E-state index contributed by atoms with van der Waals surface area (Å²) in [5.74, 6) is -0.744. The van der Waals surface area contributed by atoms with Crippen LogP contribution in [0.2, 0.25) is 0 Å². The number of cyclic esters (lactones) is 1. The topological polar surface area (TPSA) is 93.1 Å². The van der Waals surface area contributed by atoms with Crippen LogP contribution in [-0.2, 0) is 19.1 Å². The number of ether oxygens (including phenoxy) is 2. The van der Waals surface area contributed by atoms with Gasteiger partial charge in [-0.25, -0.2) is 4.79 Å². The van der Waals surface area contributed by atoms with Crippen LogP contribution < -0.4 is 0 Å². The van der Waals surface area contributed by atoms with Crippen molar-refractivity contribution in [1.82, 2.24) is 0 Å². The number of rotatable bonds is 4. The fraction of sp³-hybridized carbons (Fsp3) is 0.810. The maximum atomic E-state index is 12.5. The van der Waals surface area contributed by atoms with Gasteiger partial charge in [-0.1, -0.05) is 27.2 Å². The largest absolute Gasteiger partial charge is 0.469 e. The standard InChI is InChI=1S/C21H32O6/c1-12-8-17(23)21(3)14(19(25)26-4)6-5-7-16(21)20(12,2)10-15(22)13-9-18(24)27-11-13/h9,12,14-17,22-23H,5-8,10-11H2,1-4H3. The van der Waals surface area contributed by atoms with Gasteiger partial charge in [0.1, 0.15) is 6.61 Å². The highest BCUT2D eigenvalue weighted by Gasteiger charge is 2.62. The lowest BCUT2D eigenvalue weighted by molar-refractivity contribution is -0.199. The van der Waals surface area contributed by atoms with Crippen molar-refractivity contribution in [2.24, 2.45) is 28.6 Å². The molecule has 1 heterocycles. The minimum atomic E-state index is -0.762. The minimum absolute atomic E-state index is 0.0786. The predicted octanol–water partition coefficient (Wildman–Crippen LogP) is 2.22. The van der Waals surface area contributed by atoms with Crippen molar-refractivity contribution in [3.8, 4) is 0 Å². The highest BCUT2D eigenvalue weighted by Crippen LogP contribution is 2.63. The molecule has 7 unspecified atom stereocenters. The molecule has 0 bridgehead atoms. The Kier molecular flexibility index (Phi) is 5.43. The lowest BCUT2D eigenvalue weighted by Crippen LogP contribution is -2.61. The molecule has 0 aromatic carbocycles. The molecule has 3 aliphatic rings. The van der Waals surface area contributed by atoms with Gasteiger partial charge in [-0.2, -0.15) is 0 Å². The number of aliphatic hydroxyl groups excluding tert-OH is 2. The van der Waals surface area contributed by atoms with Gasteiger partial charge in [-0.15, -0.1) is 0 Å². The lowest BCUT2D eigenvalue weighted by Gasteiger charge is -2.62. The van der Waals surface area contributed by atoms with Crippen molar-refractivity contribution in [3.05, 3.63) is 11.6 Å². The fourth-order valence-electron chi connectivity index (χ4n) is 6.08. The summed E-state index contributed by atoms with van der Waals surface area (Å²) in [6, 6.07) is 0.